The minimum absolute atomic E-state index is 0.0588. The molecule has 5 heteroatoms. The number of nitrogens with one attached hydrogen (secondary N) is 1. The fraction of sp³-hybridized carbons (Fsp3) is 0.385. The molecule has 1 amide bonds. The third-order valence-electron chi connectivity index (χ3n) is 2.54. The Hall–Kier alpha value is -2.04. The summed E-state index contributed by atoms with van der Waals surface area (Å²) in [5, 5.41) is 11.3. The molecule has 1 aromatic carbocycles. The highest BCUT2D eigenvalue weighted by Gasteiger charge is 2.09. The van der Waals surface area contributed by atoms with E-state index in [1.165, 1.54) is 0 Å². The summed E-state index contributed by atoms with van der Waals surface area (Å²) in [5.41, 5.74) is 7.09. The molecule has 0 fully saturated rings. The van der Waals surface area contributed by atoms with Gasteiger partial charge >= 0.3 is 5.97 Å². The molecule has 1 unspecified atom stereocenters. The largest absolute Gasteiger partial charge is 0.481 e. The molecule has 1 atom stereocenters. The van der Waals surface area contributed by atoms with Gasteiger partial charge in [0.2, 0.25) is 5.91 Å². The summed E-state index contributed by atoms with van der Waals surface area (Å²) in [5.74, 6) is -0.965. The number of aliphatic carboxylic acids is 1. The Balaban J connectivity index is 2.37. The number of carbonyl (C=O) groups is 2. The molecule has 0 saturated heterocycles. The normalized spacial score (nSPS) is 11.8. The van der Waals surface area contributed by atoms with Crippen molar-refractivity contribution in [3.8, 4) is 0 Å². The molecular weight excluding hydrogens is 232 g/mol. The lowest BCUT2D eigenvalue weighted by Crippen LogP contribution is -2.34. The number of nitrogens with two attached hydrogens (primary N) is 1. The van der Waals surface area contributed by atoms with Crippen molar-refractivity contribution in [2.45, 2.75) is 32.2 Å². The summed E-state index contributed by atoms with van der Waals surface area (Å²) >= 11 is 0. The molecule has 0 heterocycles. The maximum Gasteiger partial charge on any atom is 0.303 e. The predicted molar refractivity (Wildman–Crippen MR) is 69.0 cm³/mol. The number of amides is 1. The third-order valence-corrected chi connectivity index (χ3v) is 2.54. The lowest BCUT2D eigenvalue weighted by molar-refractivity contribution is -0.137. The van der Waals surface area contributed by atoms with Gasteiger partial charge in [-0.1, -0.05) is 12.1 Å². The molecule has 0 aliphatic carbocycles. The van der Waals surface area contributed by atoms with Gasteiger partial charge in [0.05, 0.1) is 6.42 Å². The van der Waals surface area contributed by atoms with Gasteiger partial charge in [0, 0.05) is 18.2 Å². The first-order valence-electron chi connectivity index (χ1n) is 5.83. The fourth-order valence-electron chi connectivity index (χ4n) is 1.56. The van der Waals surface area contributed by atoms with E-state index in [-0.39, 0.29) is 24.8 Å². The van der Waals surface area contributed by atoms with Crippen LogP contribution in [0.1, 0.15) is 25.3 Å². The first-order valence-corrected chi connectivity index (χ1v) is 5.83. The van der Waals surface area contributed by atoms with Crippen LogP contribution in [-0.2, 0) is 16.0 Å². The average molecular weight is 250 g/mol. The second-order valence-corrected chi connectivity index (χ2v) is 4.32. The van der Waals surface area contributed by atoms with E-state index in [4.69, 9.17) is 10.8 Å². The van der Waals surface area contributed by atoms with Gasteiger partial charge in [0.15, 0.2) is 0 Å². The van der Waals surface area contributed by atoms with Gasteiger partial charge in [-0.05, 0) is 31.0 Å². The molecule has 18 heavy (non-hydrogen) atoms. The zero-order valence-corrected chi connectivity index (χ0v) is 10.3. The Morgan fingerprint density at radius 3 is 2.50 bits per heavy atom. The summed E-state index contributed by atoms with van der Waals surface area (Å²) in [6, 6.07) is 6.96. The molecule has 0 saturated carbocycles. The van der Waals surface area contributed by atoms with Gasteiger partial charge in [-0.2, -0.15) is 0 Å². The van der Waals surface area contributed by atoms with Gasteiger partial charge in [-0.3, -0.25) is 9.59 Å². The molecule has 1 rings (SSSR count). The van der Waals surface area contributed by atoms with Crippen LogP contribution in [0.2, 0.25) is 0 Å². The Morgan fingerprint density at radius 1 is 1.33 bits per heavy atom. The predicted octanol–water partition coefficient (Wildman–Crippen LogP) is 1.18. The highest BCUT2D eigenvalue weighted by atomic mass is 16.4. The van der Waals surface area contributed by atoms with Gasteiger partial charge < -0.3 is 16.2 Å². The molecule has 0 aromatic heterocycles. The van der Waals surface area contributed by atoms with Crippen LogP contribution in [0.15, 0.2) is 24.3 Å². The van der Waals surface area contributed by atoms with Gasteiger partial charge in [0.25, 0.3) is 0 Å². The molecule has 0 aliphatic heterocycles. The molecule has 0 spiro atoms. The van der Waals surface area contributed by atoms with Crippen molar-refractivity contribution < 1.29 is 14.7 Å². The van der Waals surface area contributed by atoms with Crippen molar-refractivity contribution >= 4 is 17.6 Å². The van der Waals surface area contributed by atoms with E-state index in [9.17, 15) is 9.59 Å². The first-order chi connectivity index (χ1) is 8.47. The minimum Gasteiger partial charge on any atom is -0.481 e. The number of carboxylic acids is 1. The molecule has 1 aromatic rings. The van der Waals surface area contributed by atoms with Crippen LogP contribution < -0.4 is 11.1 Å². The second kappa shape index (κ2) is 6.64. The number of carbonyl (C=O) groups excluding carboxylic acids is 1. The van der Waals surface area contributed by atoms with Crippen LogP contribution in [0, 0.1) is 0 Å². The smallest absolute Gasteiger partial charge is 0.303 e. The zero-order valence-electron chi connectivity index (χ0n) is 10.3. The molecule has 0 aliphatic rings. The van der Waals surface area contributed by atoms with Crippen molar-refractivity contribution in [1.82, 2.24) is 5.32 Å². The summed E-state index contributed by atoms with van der Waals surface area (Å²) in [6.45, 7) is 1.80. The second-order valence-electron chi connectivity index (χ2n) is 4.32. The van der Waals surface area contributed by atoms with Crippen LogP contribution in [0.3, 0.4) is 0 Å². The Kier molecular flexibility index (Phi) is 5.17. The number of carboxylic acid groups (broad SMARTS) is 1. The molecule has 0 bridgehead atoms. The van der Waals surface area contributed by atoms with Crippen molar-refractivity contribution in [1.29, 1.82) is 0 Å². The first kappa shape index (κ1) is 14.0. The monoisotopic (exact) mass is 250 g/mol. The van der Waals surface area contributed by atoms with E-state index >= 15 is 0 Å². The fourth-order valence-corrected chi connectivity index (χ4v) is 1.56. The number of nitrogen functional groups attached to an aromatic ring is 1. The van der Waals surface area contributed by atoms with Crippen LogP contribution >= 0.6 is 0 Å². The number of hydrogen-bond acceptors (Lipinski definition) is 3. The third kappa shape index (κ3) is 5.34. The standard InChI is InChI=1S/C13H18N2O3/c1-9(2-7-13(17)18)15-12(16)8-10-3-5-11(14)6-4-10/h3-6,9H,2,7-8,14H2,1H3,(H,15,16)(H,17,18). The molecular formula is C13H18N2O3. The molecule has 98 valence electrons. The topological polar surface area (TPSA) is 92.4 Å². The molecule has 4 N–H and O–H groups in total. The van der Waals surface area contributed by atoms with Crippen LogP contribution in [0.25, 0.3) is 0 Å². The maximum atomic E-state index is 11.7. The van der Waals surface area contributed by atoms with Crippen molar-refractivity contribution in [3.63, 3.8) is 0 Å². The number of hydrogen-bond donors (Lipinski definition) is 3. The summed E-state index contributed by atoms with van der Waals surface area (Å²) in [6.07, 6.45) is 0.768. The zero-order chi connectivity index (χ0) is 13.5. The van der Waals surface area contributed by atoms with Gasteiger partial charge in [0.1, 0.15) is 0 Å². The summed E-state index contributed by atoms with van der Waals surface area (Å²) in [4.78, 5) is 22.1. The van der Waals surface area contributed by atoms with Crippen LogP contribution in [-0.4, -0.2) is 23.0 Å². The Bertz CT molecular complexity index is 415. The highest BCUT2D eigenvalue weighted by Crippen LogP contribution is 2.06. The van der Waals surface area contributed by atoms with Crippen molar-refractivity contribution in [2.24, 2.45) is 0 Å². The van der Waals surface area contributed by atoms with Crippen molar-refractivity contribution in [3.05, 3.63) is 29.8 Å². The molecule has 0 radical (unpaired) electrons. The summed E-state index contributed by atoms with van der Waals surface area (Å²) < 4.78 is 0. The quantitative estimate of drug-likeness (QED) is 0.661. The van der Waals surface area contributed by atoms with E-state index < -0.39 is 5.97 Å². The maximum absolute atomic E-state index is 11.7. The number of anilines is 1. The minimum atomic E-state index is -0.852. The summed E-state index contributed by atoms with van der Waals surface area (Å²) in [7, 11) is 0. The van der Waals surface area contributed by atoms with E-state index in [0.717, 1.165) is 5.56 Å². The SMILES string of the molecule is CC(CCC(=O)O)NC(=O)Cc1ccc(N)cc1. The van der Waals surface area contributed by atoms with Crippen molar-refractivity contribution in [2.75, 3.05) is 5.73 Å². The molecule has 5 nitrogen and oxygen atoms in total. The lowest BCUT2D eigenvalue weighted by atomic mass is 10.1. The van der Waals surface area contributed by atoms with E-state index in [2.05, 4.69) is 5.32 Å². The van der Waals surface area contributed by atoms with E-state index in [1.54, 1.807) is 31.2 Å². The highest BCUT2D eigenvalue weighted by molar-refractivity contribution is 5.79. The van der Waals surface area contributed by atoms with Crippen LogP contribution in [0.5, 0.6) is 0 Å². The lowest BCUT2D eigenvalue weighted by Gasteiger charge is -2.12. The van der Waals surface area contributed by atoms with E-state index in [0.29, 0.717) is 12.1 Å². The van der Waals surface area contributed by atoms with Crippen LogP contribution in [0.4, 0.5) is 5.69 Å². The number of rotatable bonds is 6. The Morgan fingerprint density at radius 2 is 1.94 bits per heavy atom. The average Bonchev–Trinajstić information content (AvgIpc) is 2.29. The Labute approximate surface area is 106 Å². The number of benzene rings is 1. The van der Waals surface area contributed by atoms with Gasteiger partial charge in [-0.25, -0.2) is 0 Å². The van der Waals surface area contributed by atoms with E-state index in [1.807, 2.05) is 0 Å². The van der Waals surface area contributed by atoms with Gasteiger partial charge in [-0.15, -0.1) is 0 Å².